The molecular weight excluding hydrogens is 174 g/mol. The van der Waals surface area contributed by atoms with Crippen molar-refractivity contribution in [1.82, 2.24) is 0 Å². The van der Waals surface area contributed by atoms with Gasteiger partial charge in [0.05, 0.1) is 13.5 Å². The molecule has 0 unspecified atom stereocenters. The Hall–Kier alpha value is -1.31. The van der Waals surface area contributed by atoms with Gasteiger partial charge < -0.3 is 4.74 Å². The van der Waals surface area contributed by atoms with Crippen LogP contribution >= 0.6 is 0 Å². The number of ether oxygens (including phenoxy) is 1. The summed E-state index contributed by atoms with van der Waals surface area (Å²) in [6.45, 7) is 2.10. The average Bonchev–Trinajstić information content (AvgIpc) is 2.67. The fourth-order valence-corrected chi connectivity index (χ4v) is 1.91. The second-order valence-corrected chi connectivity index (χ2v) is 3.61. The molecule has 14 heavy (non-hydrogen) atoms. The van der Waals surface area contributed by atoms with Crippen LogP contribution in [0.4, 0.5) is 0 Å². The second-order valence-electron chi connectivity index (χ2n) is 3.61. The zero-order chi connectivity index (χ0) is 9.80. The van der Waals surface area contributed by atoms with Gasteiger partial charge in [0.2, 0.25) is 0 Å². The Balaban J connectivity index is 2.11. The van der Waals surface area contributed by atoms with Gasteiger partial charge >= 0.3 is 5.90 Å². The molecule has 0 N–H and O–H groups in total. The summed E-state index contributed by atoms with van der Waals surface area (Å²) in [6, 6.07) is 10.5. The molecule has 0 bridgehead atoms. The summed E-state index contributed by atoms with van der Waals surface area (Å²) in [5, 5.41) is 0. The standard InChI is InChI=1S/C12H16NO/c1-14-12-8-5-9-13(12)10-11-6-3-2-4-7-11/h2-4,6-7H,5,8-10H2,1H3/q+1. The van der Waals surface area contributed by atoms with E-state index in [1.165, 1.54) is 12.0 Å². The van der Waals surface area contributed by atoms with Gasteiger partial charge in [0.1, 0.15) is 6.54 Å². The first-order valence-electron chi connectivity index (χ1n) is 5.09. The quantitative estimate of drug-likeness (QED) is 0.650. The van der Waals surface area contributed by atoms with Crippen LogP contribution in [0.25, 0.3) is 0 Å². The van der Waals surface area contributed by atoms with Gasteiger partial charge in [-0.25, -0.2) is 0 Å². The van der Waals surface area contributed by atoms with Crippen molar-refractivity contribution in [3.05, 3.63) is 35.9 Å². The molecule has 0 fully saturated rings. The molecule has 1 aromatic rings. The zero-order valence-electron chi connectivity index (χ0n) is 8.57. The lowest BCUT2D eigenvalue weighted by Gasteiger charge is -2.01. The lowest BCUT2D eigenvalue weighted by Crippen LogP contribution is -2.16. The number of nitrogens with zero attached hydrogens (tertiary/aromatic N) is 1. The Morgan fingerprint density at radius 2 is 2.07 bits per heavy atom. The molecule has 0 atom stereocenters. The van der Waals surface area contributed by atoms with Crippen LogP contribution in [0.3, 0.4) is 0 Å². The Bertz CT molecular complexity index is 329. The minimum absolute atomic E-state index is 0.976. The van der Waals surface area contributed by atoms with Crippen molar-refractivity contribution in [2.75, 3.05) is 13.7 Å². The third-order valence-corrected chi connectivity index (χ3v) is 2.62. The van der Waals surface area contributed by atoms with Crippen LogP contribution in [0.5, 0.6) is 0 Å². The van der Waals surface area contributed by atoms with E-state index in [1.54, 1.807) is 7.11 Å². The normalized spacial score (nSPS) is 16.1. The van der Waals surface area contributed by atoms with E-state index in [-0.39, 0.29) is 0 Å². The first kappa shape index (κ1) is 9.25. The van der Waals surface area contributed by atoms with Crippen LogP contribution in [0.15, 0.2) is 30.3 Å². The van der Waals surface area contributed by atoms with Crippen LogP contribution < -0.4 is 0 Å². The summed E-state index contributed by atoms with van der Waals surface area (Å²) < 4.78 is 7.65. The minimum Gasteiger partial charge on any atom is -0.451 e. The van der Waals surface area contributed by atoms with E-state index in [9.17, 15) is 0 Å². The molecule has 2 nitrogen and oxygen atoms in total. The van der Waals surface area contributed by atoms with Crippen molar-refractivity contribution in [3.63, 3.8) is 0 Å². The fraction of sp³-hybridized carbons (Fsp3) is 0.417. The molecule has 0 amide bonds. The van der Waals surface area contributed by atoms with Gasteiger partial charge in [-0.2, -0.15) is 4.58 Å². The molecule has 1 aliphatic rings. The first-order chi connectivity index (χ1) is 6.90. The lowest BCUT2D eigenvalue weighted by atomic mass is 10.2. The van der Waals surface area contributed by atoms with Crippen molar-refractivity contribution in [3.8, 4) is 0 Å². The average molecular weight is 190 g/mol. The SMILES string of the molecule is COC1=[N+](Cc2ccccc2)CCC1. The van der Waals surface area contributed by atoms with Gasteiger partial charge in [-0.15, -0.1) is 0 Å². The molecule has 0 saturated carbocycles. The Morgan fingerprint density at radius 1 is 1.29 bits per heavy atom. The van der Waals surface area contributed by atoms with E-state index in [0.717, 1.165) is 25.4 Å². The molecule has 74 valence electrons. The van der Waals surface area contributed by atoms with Crippen molar-refractivity contribution in [1.29, 1.82) is 0 Å². The smallest absolute Gasteiger partial charge is 0.336 e. The van der Waals surface area contributed by atoms with Crippen LogP contribution in [0.2, 0.25) is 0 Å². The van der Waals surface area contributed by atoms with Crippen molar-refractivity contribution in [2.45, 2.75) is 19.4 Å². The van der Waals surface area contributed by atoms with Crippen molar-refractivity contribution >= 4 is 5.90 Å². The number of hydrogen-bond donors (Lipinski definition) is 0. The van der Waals surface area contributed by atoms with E-state index < -0.39 is 0 Å². The highest BCUT2D eigenvalue weighted by Crippen LogP contribution is 2.09. The van der Waals surface area contributed by atoms with Gasteiger partial charge in [-0.1, -0.05) is 30.3 Å². The van der Waals surface area contributed by atoms with Gasteiger partial charge in [0.15, 0.2) is 6.54 Å². The fourth-order valence-electron chi connectivity index (χ4n) is 1.91. The van der Waals surface area contributed by atoms with E-state index in [0.29, 0.717) is 0 Å². The summed E-state index contributed by atoms with van der Waals surface area (Å²) in [7, 11) is 1.76. The molecule has 0 saturated heterocycles. The molecule has 1 aliphatic heterocycles. The third-order valence-electron chi connectivity index (χ3n) is 2.62. The Labute approximate surface area is 84.8 Å². The van der Waals surface area contributed by atoms with Crippen molar-refractivity contribution in [2.24, 2.45) is 0 Å². The monoisotopic (exact) mass is 190 g/mol. The van der Waals surface area contributed by atoms with Gasteiger partial charge in [0, 0.05) is 12.0 Å². The number of rotatable bonds is 2. The molecule has 2 rings (SSSR count). The predicted molar refractivity (Wildman–Crippen MR) is 56.5 cm³/mol. The summed E-state index contributed by atoms with van der Waals surface area (Å²) in [5.74, 6) is 1.13. The highest BCUT2D eigenvalue weighted by molar-refractivity contribution is 5.71. The number of methoxy groups -OCH3 is 1. The van der Waals surface area contributed by atoms with E-state index in [4.69, 9.17) is 4.74 Å². The molecule has 0 radical (unpaired) electrons. The third kappa shape index (κ3) is 1.95. The molecule has 1 aromatic carbocycles. The lowest BCUT2D eigenvalue weighted by molar-refractivity contribution is -0.543. The maximum atomic E-state index is 5.34. The summed E-state index contributed by atoms with van der Waals surface area (Å²) in [6.07, 6.45) is 2.30. The molecule has 0 aromatic heterocycles. The van der Waals surface area contributed by atoms with Gasteiger partial charge in [0.25, 0.3) is 0 Å². The highest BCUT2D eigenvalue weighted by Gasteiger charge is 2.22. The molecule has 1 heterocycles. The summed E-state index contributed by atoms with van der Waals surface area (Å²) in [5.41, 5.74) is 1.35. The largest absolute Gasteiger partial charge is 0.451 e. The van der Waals surface area contributed by atoms with E-state index in [1.807, 2.05) is 0 Å². The van der Waals surface area contributed by atoms with Gasteiger partial charge in [-0.05, 0) is 0 Å². The number of hydrogen-bond acceptors (Lipinski definition) is 1. The molecule has 0 spiro atoms. The first-order valence-corrected chi connectivity index (χ1v) is 5.09. The summed E-state index contributed by atoms with van der Waals surface area (Å²) in [4.78, 5) is 0. The van der Waals surface area contributed by atoms with Crippen LogP contribution in [0, 0.1) is 0 Å². The second kappa shape index (κ2) is 4.27. The minimum atomic E-state index is 0.976. The Morgan fingerprint density at radius 3 is 2.79 bits per heavy atom. The zero-order valence-corrected chi connectivity index (χ0v) is 8.57. The Kier molecular flexibility index (Phi) is 2.82. The molecule has 0 aliphatic carbocycles. The maximum absolute atomic E-state index is 5.34. The van der Waals surface area contributed by atoms with Crippen LogP contribution in [-0.4, -0.2) is 24.1 Å². The van der Waals surface area contributed by atoms with Gasteiger partial charge in [-0.3, -0.25) is 0 Å². The van der Waals surface area contributed by atoms with E-state index >= 15 is 0 Å². The topological polar surface area (TPSA) is 12.2 Å². The van der Waals surface area contributed by atoms with E-state index in [2.05, 4.69) is 34.9 Å². The molecular formula is C12H16NO+. The molecule has 2 heteroatoms. The maximum Gasteiger partial charge on any atom is 0.336 e. The summed E-state index contributed by atoms with van der Waals surface area (Å²) >= 11 is 0. The van der Waals surface area contributed by atoms with Crippen LogP contribution in [-0.2, 0) is 11.3 Å². The predicted octanol–water partition coefficient (Wildman–Crippen LogP) is 2.04. The number of benzene rings is 1. The van der Waals surface area contributed by atoms with Crippen molar-refractivity contribution < 1.29 is 9.31 Å². The van der Waals surface area contributed by atoms with Crippen LogP contribution in [0.1, 0.15) is 18.4 Å². The highest BCUT2D eigenvalue weighted by atomic mass is 16.5.